The Balaban J connectivity index is 2.48. The highest BCUT2D eigenvalue weighted by molar-refractivity contribution is 5.80. The minimum absolute atomic E-state index is 0.133. The zero-order valence-corrected chi connectivity index (χ0v) is 60.5. The Labute approximate surface area is 563 Å². The summed E-state index contributed by atoms with van der Waals surface area (Å²) in [6.07, 6.45) is 72.8. The molecular formula is C80H155NO10. The van der Waals surface area contributed by atoms with Crippen LogP contribution in [0.4, 0.5) is 0 Å². The number of aliphatic hydroxyl groups excluding tert-OH is 5. The molecule has 1 aliphatic rings. The molecule has 0 aromatic heterocycles. The lowest BCUT2D eigenvalue weighted by Gasteiger charge is -2.41. The fourth-order valence-corrected chi connectivity index (χ4v) is 13.4. The number of unbranched alkanes of at least 4 members (excludes halogenated alkanes) is 58. The predicted octanol–water partition coefficient (Wildman–Crippen LogP) is 21.8. The molecule has 1 saturated heterocycles. The van der Waals surface area contributed by atoms with Crippen molar-refractivity contribution in [3.8, 4) is 0 Å². The maximum atomic E-state index is 13.5. The van der Waals surface area contributed by atoms with E-state index in [-0.39, 0.29) is 13.0 Å². The van der Waals surface area contributed by atoms with Crippen molar-refractivity contribution in [2.24, 2.45) is 0 Å². The van der Waals surface area contributed by atoms with Gasteiger partial charge in [0.1, 0.15) is 24.4 Å². The molecule has 11 nitrogen and oxygen atoms in total. The molecule has 1 rings (SSSR count). The van der Waals surface area contributed by atoms with Gasteiger partial charge in [0.15, 0.2) is 12.4 Å². The molecule has 8 unspecified atom stereocenters. The topological polar surface area (TPSA) is 175 Å². The Kier molecular flexibility index (Phi) is 65.6. The highest BCUT2D eigenvalue weighted by atomic mass is 16.7. The molecule has 540 valence electrons. The van der Waals surface area contributed by atoms with Crippen LogP contribution in [0.15, 0.2) is 12.2 Å². The molecule has 0 spiro atoms. The Morgan fingerprint density at radius 2 is 0.714 bits per heavy atom. The summed E-state index contributed by atoms with van der Waals surface area (Å²) in [5, 5.41) is 57.5. The van der Waals surface area contributed by atoms with E-state index in [0.717, 1.165) is 57.8 Å². The van der Waals surface area contributed by atoms with Crippen molar-refractivity contribution in [3.63, 3.8) is 0 Å². The maximum absolute atomic E-state index is 13.5. The zero-order valence-electron chi connectivity index (χ0n) is 60.5. The van der Waals surface area contributed by atoms with E-state index in [1.54, 1.807) is 6.08 Å². The maximum Gasteiger partial charge on any atom is 0.306 e. The quantitative estimate of drug-likeness (QED) is 0.0195. The van der Waals surface area contributed by atoms with Crippen molar-refractivity contribution in [1.29, 1.82) is 0 Å². The van der Waals surface area contributed by atoms with E-state index in [1.165, 1.54) is 321 Å². The molecule has 0 aromatic rings. The van der Waals surface area contributed by atoms with Gasteiger partial charge in [0, 0.05) is 6.42 Å². The number of nitrogens with one attached hydrogen (secondary N) is 1. The predicted molar refractivity (Wildman–Crippen MR) is 385 cm³/mol. The molecule has 1 heterocycles. The van der Waals surface area contributed by atoms with Crippen molar-refractivity contribution >= 4 is 11.9 Å². The normalized spacial score (nSPS) is 17.9. The molecule has 0 radical (unpaired) electrons. The molecular weight excluding hydrogens is 1130 g/mol. The molecule has 0 saturated carbocycles. The first-order valence-electron chi connectivity index (χ1n) is 40.5. The molecule has 0 aliphatic carbocycles. The van der Waals surface area contributed by atoms with Crippen LogP contribution >= 0.6 is 0 Å². The SMILES string of the molecule is CCCCCCCCCCCCC/C=C/C(O)C(COC1OC(CO)C(O)C(O)C1OC(=O)CCCCCCCCCCCCCCCCCCCCCCCCCCCCC)NC(=O)C(O)CCCCCCCCCCCCCCCCCCCCCCCC. The lowest BCUT2D eigenvalue weighted by molar-refractivity contribution is -0.305. The van der Waals surface area contributed by atoms with Crippen LogP contribution in [0.2, 0.25) is 0 Å². The second-order valence-electron chi connectivity index (χ2n) is 28.5. The monoisotopic (exact) mass is 1290 g/mol. The van der Waals surface area contributed by atoms with Crippen molar-refractivity contribution in [3.05, 3.63) is 12.2 Å². The molecule has 1 fully saturated rings. The largest absolute Gasteiger partial charge is 0.454 e. The van der Waals surface area contributed by atoms with Gasteiger partial charge in [0.2, 0.25) is 5.91 Å². The summed E-state index contributed by atoms with van der Waals surface area (Å²) in [5.41, 5.74) is 0. The van der Waals surface area contributed by atoms with Gasteiger partial charge in [-0.1, -0.05) is 405 Å². The molecule has 1 amide bonds. The van der Waals surface area contributed by atoms with Crippen LogP contribution in [0.5, 0.6) is 0 Å². The van der Waals surface area contributed by atoms with Gasteiger partial charge in [-0.2, -0.15) is 0 Å². The summed E-state index contributed by atoms with van der Waals surface area (Å²) in [6.45, 7) is 5.89. The first kappa shape index (κ1) is 87.4. The Bertz CT molecular complexity index is 1530. The van der Waals surface area contributed by atoms with Gasteiger partial charge in [0.05, 0.1) is 25.4 Å². The summed E-state index contributed by atoms with van der Waals surface area (Å²) >= 11 is 0. The van der Waals surface area contributed by atoms with Crippen LogP contribution in [0.3, 0.4) is 0 Å². The van der Waals surface area contributed by atoms with Gasteiger partial charge >= 0.3 is 5.97 Å². The van der Waals surface area contributed by atoms with Crippen LogP contribution < -0.4 is 5.32 Å². The van der Waals surface area contributed by atoms with Crippen LogP contribution in [0, 0.1) is 0 Å². The highest BCUT2D eigenvalue weighted by Crippen LogP contribution is 2.27. The lowest BCUT2D eigenvalue weighted by atomic mass is 9.99. The van der Waals surface area contributed by atoms with Crippen LogP contribution in [-0.4, -0.2) is 99.6 Å². The van der Waals surface area contributed by atoms with Gasteiger partial charge in [0.25, 0.3) is 0 Å². The number of rotatable bonds is 72. The van der Waals surface area contributed by atoms with E-state index in [9.17, 15) is 35.1 Å². The highest BCUT2D eigenvalue weighted by Gasteiger charge is 2.47. The molecule has 11 heteroatoms. The van der Waals surface area contributed by atoms with Crippen LogP contribution in [0.25, 0.3) is 0 Å². The fraction of sp³-hybridized carbons (Fsp3) is 0.950. The van der Waals surface area contributed by atoms with E-state index in [4.69, 9.17) is 14.2 Å². The minimum atomic E-state index is -1.61. The number of hydrogen-bond acceptors (Lipinski definition) is 10. The number of amides is 1. The van der Waals surface area contributed by atoms with Crippen molar-refractivity contribution in [1.82, 2.24) is 5.32 Å². The molecule has 0 aromatic carbocycles. The second kappa shape index (κ2) is 68.3. The first-order valence-corrected chi connectivity index (χ1v) is 40.5. The van der Waals surface area contributed by atoms with Crippen molar-refractivity contribution in [2.45, 2.75) is 474 Å². The summed E-state index contributed by atoms with van der Waals surface area (Å²) in [6, 6.07) is -1.02. The number of aliphatic hydroxyl groups is 5. The fourth-order valence-electron chi connectivity index (χ4n) is 13.4. The summed E-state index contributed by atoms with van der Waals surface area (Å²) in [5.74, 6) is -1.17. The molecule has 6 N–H and O–H groups in total. The van der Waals surface area contributed by atoms with Gasteiger partial charge in [-0.05, 0) is 25.7 Å². The van der Waals surface area contributed by atoms with Crippen molar-refractivity contribution < 1.29 is 49.3 Å². The van der Waals surface area contributed by atoms with E-state index < -0.39 is 67.4 Å². The third-order valence-corrected chi connectivity index (χ3v) is 19.7. The number of carbonyl (C=O) groups is 2. The average Bonchev–Trinajstić information content (AvgIpc) is 0.936. The van der Waals surface area contributed by atoms with Crippen LogP contribution in [0.1, 0.15) is 425 Å². The van der Waals surface area contributed by atoms with Gasteiger partial charge in [-0.25, -0.2) is 0 Å². The summed E-state index contributed by atoms with van der Waals surface area (Å²) in [7, 11) is 0. The molecule has 1 aliphatic heterocycles. The molecule has 91 heavy (non-hydrogen) atoms. The molecule has 8 atom stereocenters. The first-order chi connectivity index (χ1) is 44.7. The number of allylic oxidation sites excluding steroid dienone is 1. The zero-order chi connectivity index (χ0) is 66.0. The second-order valence-corrected chi connectivity index (χ2v) is 28.5. The third kappa shape index (κ3) is 55.1. The number of ether oxygens (including phenoxy) is 3. The van der Waals surface area contributed by atoms with E-state index in [0.29, 0.717) is 19.3 Å². The summed E-state index contributed by atoms with van der Waals surface area (Å²) in [4.78, 5) is 26.8. The van der Waals surface area contributed by atoms with Gasteiger partial charge < -0.3 is 45.1 Å². The molecule has 0 bridgehead atoms. The number of hydrogen-bond donors (Lipinski definition) is 6. The summed E-state index contributed by atoms with van der Waals surface area (Å²) < 4.78 is 17.8. The lowest BCUT2D eigenvalue weighted by Crippen LogP contribution is -2.61. The minimum Gasteiger partial charge on any atom is -0.454 e. The van der Waals surface area contributed by atoms with Crippen LogP contribution in [-0.2, 0) is 23.8 Å². The van der Waals surface area contributed by atoms with E-state index >= 15 is 0 Å². The smallest absolute Gasteiger partial charge is 0.306 e. The Morgan fingerprint density at radius 1 is 0.418 bits per heavy atom. The number of carbonyl (C=O) groups excluding carboxylic acids is 2. The van der Waals surface area contributed by atoms with Crippen molar-refractivity contribution in [2.75, 3.05) is 13.2 Å². The number of esters is 1. The van der Waals surface area contributed by atoms with Gasteiger partial charge in [-0.15, -0.1) is 0 Å². The van der Waals surface area contributed by atoms with E-state index in [1.807, 2.05) is 6.08 Å². The average molecular weight is 1290 g/mol. The van der Waals surface area contributed by atoms with E-state index in [2.05, 4.69) is 26.1 Å². The Hall–Kier alpha value is -1.60. The third-order valence-electron chi connectivity index (χ3n) is 19.7. The Morgan fingerprint density at radius 3 is 1.03 bits per heavy atom. The van der Waals surface area contributed by atoms with Gasteiger partial charge in [-0.3, -0.25) is 9.59 Å². The standard InChI is InChI=1S/C80H155NO10/c1-4-7-10-13-16-19-22-25-27-29-31-33-35-36-37-38-39-41-43-45-47-50-53-56-59-62-65-68-75(85)91-78-77(87)76(86)74(69-82)90-80(78)89-70-71(72(83)66-63-60-57-54-51-48-24-21-18-15-12-9-6-3)81-79(88)73(84)67-64-61-58-55-52-49-46-44-42-40-34-32-30-28-26-23-20-17-14-11-8-5-2/h63,66,71-74,76-78,80,82-84,86-87H,4-62,64-65,67-70H2,1-3H3,(H,81,88)/b66-63+.